The van der Waals surface area contributed by atoms with E-state index in [9.17, 15) is 9.90 Å². The average Bonchev–Trinajstić information content (AvgIpc) is 2.66. The molecule has 0 fully saturated rings. The molecule has 15 heavy (non-hydrogen) atoms. The van der Waals surface area contributed by atoms with Crippen LogP contribution in [0.2, 0.25) is 0 Å². The SMILES string of the molecule is [2H]c1sc(C([2H])(O)C([2H])([2H])C([2H])([2H])NC(=O)OCC)c([2H])c1[2H]. The van der Waals surface area contributed by atoms with Crippen LogP contribution in [0.5, 0.6) is 0 Å². The van der Waals surface area contributed by atoms with E-state index in [1.807, 2.05) is 0 Å². The third-order valence-corrected chi connectivity index (χ3v) is 1.92. The van der Waals surface area contributed by atoms with Crippen LogP contribution in [0.15, 0.2) is 17.4 Å². The quantitative estimate of drug-likeness (QED) is 0.822. The van der Waals surface area contributed by atoms with Crippen LogP contribution in [0.25, 0.3) is 0 Å². The second-order valence-corrected chi connectivity index (χ2v) is 3.04. The van der Waals surface area contributed by atoms with E-state index >= 15 is 0 Å². The number of alkyl carbamates (subject to hydrolysis) is 1. The van der Waals surface area contributed by atoms with Crippen LogP contribution >= 0.6 is 11.3 Å². The lowest BCUT2D eigenvalue weighted by Gasteiger charge is -2.09. The lowest BCUT2D eigenvalue weighted by molar-refractivity contribution is 0.144. The van der Waals surface area contributed by atoms with Gasteiger partial charge in [-0.25, -0.2) is 4.79 Å². The van der Waals surface area contributed by atoms with Crippen LogP contribution in [0, 0.1) is 0 Å². The smallest absolute Gasteiger partial charge is 0.407 e. The van der Waals surface area contributed by atoms with Gasteiger partial charge in [0.1, 0.15) is 0 Å². The molecule has 1 aromatic heterocycles. The maximum Gasteiger partial charge on any atom is 0.407 e. The number of aliphatic hydroxyl groups is 1. The van der Waals surface area contributed by atoms with E-state index < -0.39 is 47.4 Å². The summed E-state index contributed by atoms with van der Waals surface area (Å²) in [6, 6.07) is -1.35. The fourth-order valence-electron chi connectivity index (χ4n) is 0.657. The topological polar surface area (TPSA) is 58.6 Å². The van der Waals surface area contributed by atoms with Crippen molar-refractivity contribution in [1.82, 2.24) is 5.32 Å². The highest BCUT2D eigenvalue weighted by Gasteiger charge is 2.08. The maximum atomic E-state index is 11.3. The first-order chi connectivity index (χ1) is 10.3. The van der Waals surface area contributed by atoms with Crippen LogP contribution in [0.4, 0.5) is 4.79 Å². The van der Waals surface area contributed by atoms with Crippen molar-refractivity contribution in [3.63, 3.8) is 0 Å². The molecule has 0 saturated heterocycles. The molecule has 0 radical (unpaired) electrons. The van der Waals surface area contributed by atoms with Crippen molar-refractivity contribution in [2.24, 2.45) is 0 Å². The maximum absolute atomic E-state index is 11.3. The monoisotopic (exact) mass is 237 g/mol. The van der Waals surface area contributed by atoms with Crippen molar-refractivity contribution in [2.45, 2.75) is 19.4 Å². The van der Waals surface area contributed by atoms with Gasteiger partial charge in [-0.15, -0.1) is 11.3 Å². The molecule has 1 amide bonds. The van der Waals surface area contributed by atoms with Gasteiger partial charge < -0.3 is 15.2 Å². The molecule has 0 saturated carbocycles. The molecular weight excluding hydrogens is 214 g/mol. The zero-order chi connectivity index (χ0) is 18.2. The summed E-state index contributed by atoms with van der Waals surface area (Å²) < 4.78 is 65.4. The summed E-state index contributed by atoms with van der Waals surface area (Å²) in [5.41, 5.74) is 0. The van der Waals surface area contributed by atoms with Crippen LogP contribution in [0.3, 0.4) is 0 Å². The van der Waals surface area contributed by atoms with Gasteiger partial charge in [-0.05, 0) is 24.7 Å². The van der Waals surface area contributed by atoms with Crippen LogP contribution in [-0.2, 0) is 4.74 Å². The second-order valence-electron chi connectivity index (χ2n) is 2.23. The molecule has 1 aromatic rings. The predicted octanol–water partition coefficient (Wildman–Crippen LogP) is 1.92. The Labute approximate surface area is 104 Å². The molecule has 1 heterocycles. The second kappa shape index (κ2) is 6.42. The Morgan fingerprint density at radius 1 is 2.00 bits per heavy atom. The van der Waals surface area contributed by atoms with Gasteiger partial charge in [-0.1, -0.05) is 6.04 Å². The number of ether oxygens (including phenoxy) is 1. The zero-order valence-electron chi connectivity index (χ0n) is 15.9. The number of amides is 1. The molecule has 0 spiro atoms. The molecule has 0 aromatic carbocycles. The molecule has 0 bridgehead atoms. The Morgan fingerprint density at radius 3 is 3.40 bits per heavy atom. The molecule has 4 nitrogen and oxygen atoms in total. The number of hydrogen-bond acceptors (Lipinski definition) is 4. The summed E-state index contributed by atoms with van der Waals surface area (Å²) in [6.07, 6.45) is -8.00. The third kappa shape index (κ3) is 4.31. The predicted molar refractivity (Wildman–Crippen MR) is 58.9 cm³/mol. The molecule has 0 aliphatic carbocycles. The molecule has 1 unspecified atom stereocenters. The highest BCUT2D eigenvalue weighted by molar-refractivity contribution is 7.10. The minimum Gasteiger partial charge on any atom is -0.450 e. The van der Waals surface area contributed by atoms with Gasteiger partial charge in [-0.3, -0.25) is 0 Å². The molecule has 5 heteroatoms. The molecule has 2 N–H and O–H groups in total. The number of hydrogen-bond donors (Lipinski definition) is 2. The lowest BCUT2D eigenvalue weighted by Crippen LogP contribution is -2.26. The minimum atomic E-state index is -3.41. The van der Waals surface area contributed by atoms with Crippen molar-refractivity contribution < 1.29 is 25.6 Å². The van der Waals surface area contributed by atoms with E-state index in [0.717, 1.165) is 0 Å². The average molecular weight is 237 g/mol. The third-order valence-electron chi connectivity index (χ3n) is 1.22. The number of carbonyl (C=O) groups is 1. The number of carbonyl (C=O) groups excluding carboxylic acids is 1. The first-order valence-corrected chi connectivity index (χ1v) is 4.85. The van der Waals surface area contributed by atoms with E-state index in [0.29, 0.717) is 11.3 Å². The molecule has 1 rings (SSSR count). The molecule has 0 aliphatic rings. The van der Waals surface area contributed by atoms with Gasteiger partial charge in [0.25, 0.3) is 0 Å². The Bertz CT molecular complexity index is 603. The Morgan fingerprint density at radius 2 is 2.80 bits per heavy atom. The number of rotatable bonds is 5. The highest BCUT2D eigenvalue weighted by atomic mass is 32.1. The molecule has 0 aliphatic heterocycles. The van der Waals surface area contributed by atoms with E-state index in [-0.39, 0.29) is 6.61 Å². The summed E-state index contributed by atoms with van der Waals surface area (Å²) in [4.78, 5) is 10.6. The first kappa shape index (κ1) is 4.84. The summed E-state index contributed by atoms with van der Waals surface area (Å²) in [7, 11) is 0. The van der Waals surface area contributed by atoms with Gasteiger partial charge in [0.05, 0.1) is 18.2 Å². The van der Waals surface area contributed by atoms with Crippen LogP contribution < -0.4 is 5.32 Å². The van der Waals surface area contributed by atoms with Crippen molar-refractivity contribution in [1.29, 1.82) is 0 Å². The number of thiophene rings is 1. The fourth-order valence-corrected chi connectivity index (χ4v) is 1.11. The van der Waals surface area contributed by atoms with Gasteiger partial charge in [-0.2, -0.15) is 0 Å². The van der Waals surface area contributed by atoms with Gasteiger partial charge in [0.15, 0.2) is 0 Å². The molecular formula is C10H15NO3S. The van der Waals surface area contributed by atoms with Crippen molar-refractivity contribution >= 4 is 17.4 Å². The van der Waals surface area contributed by atoms with E-state index in [1.165, 1.54) is 6.92 Å². The molecule has 1 atom stereocenters. The van der Waals surface area contributed by atoms with Crippen molar-refractivity contribution in [3.8, 4) is 0 Å². The van der Waals surface area contributed by atoms with Gasteiger partial charge in [0.2, 0.25) is 0 Å². The van der Waals surface area contributed by atoms with E-state index in [1.54, 1.807) is 5.32 Å². The highest BCUT2D eigenvalue weighted by Crippen LogP contribution is 2.20. The van der Waals surface area contributed by atoms with Crippen LogP contribution in [-0.4, -0.2) is 24.3 Å². The Hall–Kier alpha value is -1.07. The summed E-state index contributed by atoms with van der Waals surface area (Å²) >= 11 is 0.324. The van der Waals surface area contributed by atoms with Crippen molar-refractivity contribution in [2.75, 3.05) is 13.1 Å². The Kier molecular flexibility index (Phi) is 2.07. The van der Waals surface area contributed by atoms with Gasteiger partial charge >= 0.3 is 6.09 Å². The lowest BCUT2D eigenvalue weighted by atomic mass is 10.2. The normalized spacial score (nSPS) is 23.9. The molecule has 84 valence electrons. The first-order valence-electron chi connectivity index (χ1n) is 8.04. The van der Waals surface area contributed by atoms with E-state index in [4.69, 9.17) is 11.0 Å². The fraction of sp³-hybridized carbons (Fsp3) is 0.500. The largest absolute Gasteiger partial charge is 0.450 e. The number of nitrogens with one attached hydrogen (secondary N) is 1. The summed E-state index contributed by atoms with van der Waals surface area (Å²) in [5.74, 6) is 0. The standard InChI is InChI=1S/C10H15NO3S/c1-2-14-10(13)11-6-5-8(12)9-4-3-7-15-9/h3-4,7-8,12H,2,5-6H2,1H3,(H,11,13)/i3D,4D,5D2,6D2,7D,8D. The zero-order valence-corrected chi connectivity index (χ0v) is 8.70. The van der Waals surface area contributed by atoms with E-state index in [2.05, 4.69) is 4.74 Å². The Balaban J connectivity index is 3.27. The van der Waals surface area contributed by atoms with Gasteiger partial charge in [0, 0.05) is 16.9 Å². The summed E-state index contributed by atoms with van der Waals surface area (Å²) in [5, 5.41) is 11.3. The van der Waals surface area contributed by atoms with Crippen LogP contribution in [0.1, 0.15) is 35.2 Å². The summed E-state index contributed by atoms with van der Waals surface area (Å²) in [6.45, 7) is -1.87. The minimum absolute atomic E-state index is 0.0950. The van der Waals surface area contributed by atoms with Crippen molar-refractivity contribution in [3.05, 3.63) is 22.3 Å².